The molecule has 1 heterocycles. The molecule has 34 heavy (non-hydrogen) atoms. The monoisotopic (exact) mass is 544 g/mol. The Morgan fingerprint density at radius 1 is 1.12 bits per heavy atom. The number of hydrogen-bond donors (Lipinski definition) is 1. The van der Waals surface area contributed by atoms with Crippen LogP contribution < -0.4 is 14.8 Å². The Hall–Kier alpha value is -3.36. The van der Waals surface area contributed by atoms with Crippen LogP contribution in [0.1, 0.15) is 16.7 Å². The van der Waals surface area contributed by atoms with Gasteiger partial charge in [-0.15, -0.1) is 0 Å². The number of imide groups is 1. The number of methoxy groups -OCH3 is 1. The first-order valence-corrected chi connectivity index (χ1v) is 11.4. The molecule has 3 amide bonds. The van der Waals surface area contributed by atoms with Crippen molar-refractivity contribution >= 4 is 45.5 Å². The molecule has 0 aliphatic carbocycles. The summed E-state index contributed by atoms with van der Waals surface area (Å²) < 4.78 is 25.9. The predicted octanol–water partition coefficient (Wildman–Crippen LogP) is 5.92. The molecule has 0 saturated carbocycles. The Morgan fingerprint density at radius 3 is 2.56 bits per heavy atom. The highest BCUT2D eigenvalue weighted by Crippen LogP contribution is 2.38. The van der Waals surface area contributed by atoms with Crippen molar-refractivity contribution in [3.63, 3.8) is 0 Å². The third-order valence-electron chi connectivity index (χ3n) is 5.11. The number of ether oxygens (including phenoxy) is 2. The average molecular weight is 546 g/mol. The van der Waals surface area contributed by atoms with Gasteiger partial charge in [0.25, 0.3) is 5.91 Å². The molecule has 0 bridgehead atoms. The van der Waals surface area contributed by atoms with E-state index in [9.17, 15) is 14.0 Å². The van der Waals surface area contributed by atoms with Crippen LogP contribution in [-0.2, 0) is 17.9 Å². The number of amides is 3. The zero-order valence-electron chi connectivity index (χ0n) is 18.0. The van der Waals surface area contributed by atoms with Gasteiger partial charge in [0.1, 0.15) is 18.1 Å². The van der Waals surface area contributed by atoms with Gasteiger partial charge in [0.2, 0.25) is 0 Å². The van der Waals surface area contributed by atoms with Crippen molar-refractivity contribution in [1.82, 2.24) is 10.2 Å². The van der Waals surface area contributed by atoms with E-state index in [-0.39, 0.29) is 35.4 Å². The lowest BCUT2D eigenvalue weighted by Gasteiger charge is -2.14. The van der Waals surface area contributed by atoms with E-state index in [0.717, 1.165) is 14.9 Å². The van der Waals surface area contributed by atoms with Crippen LogP contribution in [0.4, 0.5) is 9.18 Å². The smallest absolute Gasteiger partial charge is 0.329 e. The maximum atomic E-state index is 13.9. The van der Waals surface area contributed by atoms with Gasteiger partial charge in [-0.05, 0) is 47.5 Å². The highest BCUT2D eigenvalue weighted by Gasteiger charge is 2.33. The molecular weight excluding hydrogens is 527 g/mol. The minimum absolute atomic E-state index is 0.0389. The highest BCUT2D eigenvalue weighted by atomic mass is 79.9. The van der Waals surface area contributed by atoms with Crippen molar-refractivity contribution in [1.29, 1.82) is 0 Å². The summed E-state index contributed by atoms with van der Waals surface area (Å²) in [5.74, 6) is -0.294. The van der Waals surface area contributed by atoms with Gasteiger partial charge < -0.3 is 14.8 Å². The molecule has 1 fully saturated rings. The zero-order valence-corrected chi connectivity index (χ0v) is 20.3. The number of urea groups is 1. The van der Waals surface area contributed by atoms with Gasteiger partial charge in [0.05, 0.1) is 18.7 Å². The summed E-state index contributed by atoms with van der Waals surface area (Å²) in [6, 6.07) is 16.3. The van der Waals surface area contributed by atoms with Crippen molar-refractivity contribution in [2.75, 3.05) is 7.11 Å². The van der Waals surface area contributed by atoms with Crippen molar-refractivity contribution in [3.8, 4) is 11.5 Å². The SMILES string of the molecule is COc1cc(/C=C2/NC(=O)N(Cc3ccc(Br)cc3)C2=O)cc(Cl)c1OCc1ccccc1F. The maximum absolute atomic E-state index is 13.9. The minimum atomic E-state index is -0.512. The predicted molar refractivity (Wildman–Crippen MR) is 130 cm³/mol. The highest BCUT2D eigenvalue weighted by molar-refractivity contribution is 9.10. The fourth-order valence-electron chi connectivity index (χ4n) is 3.38. The van der Waals surface area contributed by atoms with Crippen LogP contribution in [0, 0.1) is 5.82 Å². The first-order valence-electron chi connectivity index (χ1n) is 10.2. The van der Waals surface area contributed by atoms with Gasteiger partial charge in [-0.2, -0.15) is 0 Å². The molecule has 0 radical (unpaired) electrons. The molecule has 1 saturated heterocycles. The molecule has 4 rings (SSSR count). The molecule has 1 N–H and O–H groups in total. The van der Waals surface area contributed by atoms with Gasteiger partial charge in [-0.3, -0.25) is 9.69 Å². The Labute approximate surface area is 209 Å². The van der Waals surface area contributed by atoms with Crippen LogP contribution in [-0.4, -0.2) is 23.9 Å². The molecule has 0 atom stereocenters. The Balaban J connectivity index is 1.53. The number of carbonyl (C=O) groups is 2. The van der Waals surface area contributed by atoms with E-state index < -0.39 is 11.9 Å². The Bertz CT molecular complexity index is 1280. The fraction of sp³-hybridized carbons (Fsp3) is 0.120. The number of hydrogen-bond acceptors (Lipinski definition) is 4. The molecule has 0 aromatic heterocycles. The van der Waals surface area contributed by atoms with E-state index in [1.165, 1.54) is 19.3 Å². The summed E-state index contributed by atoms with van der Waals surface area (Å²) in [7, 11) is 1.45. The van der Waals surface area contributed by atoms with Gasteiger partial charge in [0, 0.05) is 10.0 Å². The molecule has 6 nitrogen and oxygen atoms in total. The molecule has 3 aromatic carbocycles. The largest absolute Gasteiger partial charge is 0.493 e. The fourth-order valence-corrected chi connectivity index (χ4v) is 3.92. The molecule has 0 spiro atoms. The second kappa shape index (κ2) is 10.3. The summed E-state index contributed by atoms with van der Waals surface area (Å²) in [6.45, 7) is 0.102. The van der Waals surface area contributed by atoms with E-state index in [1.54, 1.807) is 30.3 Å². The van der Waals surface area contributed by atoms with Crippen molar-refractivity contribution in [2.24, 2.45) is 0 Å². The van der Waals surface area contributed by atoms with Gasteiger partial charge in [-0.25, -0.2) is 9.18 Å². The molecule has 3 aromatic rings. The first kappa shape index (κ1) is 23.8. The topological polar surface area (TPSA) is 67.9 Å². The molecule has 1 aliphatic rings. The second-order valence-corrected chi connectivity index (χ2v) is 8.74. The number of nitrogens with one attached hydrogen (secondary N) is 1. The van der Waals surface area contributed by atoms with Gasteiger partial charge in [0.15, 0.2) is 11.5 Å². The van der Waals surface area contributed by atoms with Crippen LogP contribution in [0.25, 0.3) is 6.08 Å². The van der Waals surface area contributed by atoms with Gasteiger partial charge in [-0.1, -0.05) is 57.9 Å². The third-order valence-corrected chi connectivity index (χ3v) is 5.92. The normalized spacial score (nSPS) is 14.5. The third kappa shape index (κ3) is 5.24. The number of carbonyl (C=O) groups excluding carboxylic acids is 2. The first-order chi connectivity index (χ1) is 16.4. The standard InChI is InChI=1S/C25H19BrClFN2O4/c1-33-22-12-16(10-19(27)23(22)34-14-17-4-2-3-5-20(17)28)11-21-24(31)30(25(32)29-21)13-15-6-8-18(26)9-7-15/h2-12H,13-14H2,1H3,(H,29,32)/b21-11+. The second-order valence-electron chi connectivity index (χ2n) is 7.42. The Kier molecular flexibility index (Phi) is 7.19. The molecule has 1 aliphatic heterocycles. The molecule has 174 valence electrons. The lowest BCUT2D eigenvalue weighted by Crippen LogP contribution is -2.30. The van der Waals surface area contributed by atoms with Crippen LogP contribution in [0.5, 0.6) is 11.5 Å². The van der Waals surface area contributed by atoms with Crippen LogP contribution in [0.3, 0.4) is 0 Å². The maximum Gasteiger partial charge on any atom is 0.329 e. The van der Waals surface area contributed by atoms with Crippen LogP contribution >= 0.6 is 27.5 Å². The number of rotatable bonds is 7. The summed E-state index contributed by atoms with van der Waals surface area (Å²) in [5.41, 5.74) is 1.82. The number of halogens is 3. The van der Waals surface area contributed by atoms with E-state index in [1.807, 2.05) is 24.3 Å². The van der Waals surface area contributed by atoms with Crippen LogP contribution in [0.15, 0.2) is 70.8 Å². The average Bonchev–Trinajstić information content (AvgIpc) is 3.07. The number of benzene rings is 3. The van der Waals surface area contributed by atoms with Crippen LogP contribution in [0.2, 0.25) is 5.02 Å². The lowest BCUT2D eigenvalue weighted by atomic mass is 10.1. The van der Waals surface area contributed by atoms with Crippen molar-refractivity contribution in [3.05, 3.63) is 98.4 Å². The summed E-state index contributed by atoms with van der Waals surface area (Å²) in [6.07, 6.45) is 1.51. The number of nitrogens with zero attached hydrogens (tertiary/aromatic N) is 1. The van der Waals surface area contributed by atoms with Crippen molar-refractivity contribution in [2.45, 2.75) is 13.2 Å². The molecular formula is C25H19BrClFN2O4. The van der Waals surface area contributed by atoms with Crippen molar-refractivity contribution < 1.29 is 23.5 Å². The quantitative estimate of drug-likeness (QED) is 0.296. The molecule has 0 unspecified atom stereocenters. The summed E-state index contributed by atoms with van der Waals surface area (Å²) in [4.78, 5) is 26.3. The van der Waals surface area contributed by atoms with E-state index in [4.69, 9.17) is 21.1 Å². The lowest BCUT2D eigenvalue weighted by molar-refractivity contribution is -0.123. The minimum Gasteiger partial charge on any atom is -0.493 e. The molecule has 9 heteroatoms. The summed E-state index contributed by atoms with van der Waals surface area (Å²) in [5, 5.41) is 2.80. The Morgan fingerprint density at radius 2 is 1.85 bits per heavy atom. The van der Waals surface area contributed by atoms with E-state index in [0.29, 0.717) is 16.9 Å². The van der Waals surface area contributed by atoms with E-state index >= 15 is 0 Å². The van der Waals surface area contributed by atoms with E-state index in [2.05, 4.69) is 21.2 Å². The summed E-state index contributed by atoms with van der Waals surface area (Å²) >= 11 is 9.76. The zero-order chi connectivity index (χ0) is 24.2. The van der Waals surface area contributed by atoms with Gasteiger partial charge >= 0.3 is 6.03 Å².